The lowest BCUT2D eigenvalue weighted by Gasteiger charge is -2.09. The first-order chi connectivity index (χ1) is 20.7. The van der Waals surface area contributed by atoms with Crippen LogP contribution in [0.4, 0.5) is 0 Å². The van der Waals surface area contributed by atoms with Gasteiger partial charge in [0, 0.05) is 11.1 Å². The molecule has 0 aliphatic carbocycles. The van der Waals surface area contributed by atoms with E-state index in [9.17, 15) is 19.2 Å². The average Bonchev–Trinajstić information content (AvgIpc) is 3.04. The van der Waals surface area contributed by atoms with Crippen molar-refractivity contribution in [2.75, 3.05) is 19.7 Å². The molecular weight excluding hydrogens is 598 g/mol. The zero-order valence-electron chi connectivity index (χ0n) is 24.3. The van der Waals surface area contributed by atoms with Crippen molar-refractivity contribution < 1.29 is 34.6 Å². The number of carboxylic acid groups (broad SMARTS) is 1. The molecule has 7 N–H and O–H groups in total. The Morgan fingerprint density at radius 3 is 1.36 bits per heavy atom. The molecule has 0 saturated carbocycles. The number of aliphatic hydroxyl groups is 1. The van der Waals surface area contributed by atoms with Gasteiger partial charge in [-0.2, -0.15) is 0 Å². The summed E-state index contributed by atoms with van der Waals surface area (Å²) in [6.07, 6.45) is 0. The maximum atomic E-state index is 11.9. The molecule has 0 saturated heterocycles. The number of carbonyl (C=O) groups excluding carboxylic acids is 3. The monoisotopic (exact) mass is 637 g/mol. The molecule has 0 radical (unpaired) electrons. The molecule has 4 aromatic rings. The lowest BCUT2D eigenvalue weighted by molar-refractivity contribution is -0.135. The fraction of sp³-hybridized carbons (Fsp3) is 0.176. The van der Waals surface area contributed by atoms with E-state index >= 15 is 0 Å². The minimum Gasteiger partial charge on any atom is -0.480 e. The predicted octanol–water partition coefficient (Wildman–Crippen LogP) is 4.82. The van der Waals surface area contributed by atoms with E-state index in [0.717, 1.165) is 33.4 Å². The maximum absolute atomic E-state index is 11.9. The standard InChI is InChI=1S/C17H17NO3.C16H15NO3.CH4.ClH.H3NO/c1-12-9-14(17(21)18-10-15(20)11-19)7-8-16(12)13-5-3-2-4-6-13;1-11-9-13(16(20)17-10-15(18)19)7-8-14(11)12-5-3-2-4-6-12;;;1-2/h2-9,19H,10-11H2,1H3,(H,18,21);2-9H,10H2,1H3,(H,17,20)(H,18,19);1H4;1H;2H,1H2. The van der Waals surface area contributed by atoms with Crippen LogP contribution in [0.3, 0.4) is 0 Å². The number of aliphatic carboxylic acids is 1. The number of halogens is 1. The summed E-state index contributed by atoms with van der Waals surface area (Å²) in [6, 6.07) is 30.6. The van der Waals surface area contributed by atoms with E-state index in [-0.39, 0.29) is 44.7 Å². The van der Waals surface area contributed by atoms with Gasteiger partial charge in [-0.05, 0) is 71.5 Å². The van der Waals surface area contributed by atoms with E-state index in [1.165, 1.54) is 0 Å². The summed E-state index contributed by atoms with van der Waals surface area (Å²) >= 11 is 0. The zero-order chi connectivity index (χ0) is 31.8. The third-order valence-corrected chi connectivity index (χ3v) is 6.17. The zero-order valence-corrected chi connectivity index (χ0v) is 25.1. The summed E-state index contributed by atoms with van der Waals surface area (Å²) in [7, 11) is 0. The van der Waals surface area contributed by atoms with Gasteiger partial charge in [0.2, 0.25) is 0 Å². The second-order valence-electron chi connectivity index (χ2n) is 9.25. The first kappa shape index (κ1) is 40.1. The van der Waals surface area contributed by atoms with Crippen LogP contribution in [0.1, 0.15) is 39.3 Å². The highest BCUT2D eigenvalue weighted by Crippen LogP contribution is 2.25. The molecular formula is C34H40ClN3O7. The van der Waals surface area contributed by atoms with Crippen LogP contribution < -0.4 is 16.5 Å². The number of nitrogens with two attached hydrogens (primary N) is 1. The van der Waals surface area contributed by atoms with Crippen molar-refractivity contribution in [2.24, 2.45) is 5.90 Å². The van der Waals surface area contributed by atoms with Crippen LogP contribution in [-0.2, 0) is 9.59 Å². The fourth-order valence-corrected chi connectivity index (χ4v) is 4.09. The molecule has 0 fully saturated rings. The van der Waals surface area contributed by atoms with Gasteiger partial charge < -0.3 is 26.1 Å². The van der Waals surface area contributed by atoms with E-state index in [0.29, 0.717) is 11.1 Å². The van der Waals surface area contributed by atoms with Gasteiger partial charge in [-0.25, -0.2) is 5.90 Å². The van der Waals surface area contributed by atoms with Crippen LogP contribution in [0.5, 0.6) is 0 Å². The van der Waals surface area contributed by atoms with Crippen LogP contribution in [0.25, 0.3) is 22.3 Å². The van der Waals surface area contributed by atoms with E-state index in [1.807, 2.05) is 86.6 Å². The van der Waals surface area contributed by atoms with Gasteiger partial charge in [0.05, 0.1) is 6.54 Å². The molecule has 0 heterocycles. The van der Waals surface area contributed by atoms with E-state index in [4.69, 9.17) is 15.4 Å². The second kappa shape index (κ2) is 20.9. The molecule has 0 spiro atoms. The first-order valence-electron chi connectivity index (χ1n) is 13.2. The minimum atomic E-state index is -1.06. The highest BCUT2D eigenvalue weighted by atomic mass is 35.5. The Hall–Kier alpha value is -4.87. The third kappa shape index (κ3) is 12.7. The molecule has 11 heteroatoms. The predicted molar refractivity (Wildman–Crippen MR) is 178 cm³/mol. The Morgan fingerprint density at radius 1 is 0.644 bits per heavy atom. The highest BCUT2D eigenvalue weighted by Gasteiger charge is 2.11. The van der Waals surface area contributed by atoms with Crippen molar-refractivity contribution in [1.29, 1.82) is 0 Å². The van der Waals surface area contributed by atoms with Gasteiger partial charge in [0.15, 0.2) is 5.78 Å². The molecule has 0 aromatic heterocycles. The minimum absolute atomic E-state index is 0. The van der Waals surface area contributed by atoms with E-state index < -0.39 is 18.4 Å². The quantitative estimate of drug-likeness (QED) is 0.141. The summed E-state index contributed by atoms with van der Waals surface area (Å²) in [6.45, 7) is 2.77. The molecule has 10 nitrogen and oxygen atoms in total. The van der Waals surface area contributed by atoms with E-state index in [2.05, 4.69) is 16.5 Å². The lowest BCUT2D eigenvalue weighted by Crippen LogP contribution is -2.30. The van der Waals surface area contributed by atoms with Crippen molar-refractivity contribution in [2.45, 2.75) is 21.3 Å². The first-order valence-corrected chi connectivity index (χ1v) is 13.2. The number of aryl methyl sites for hydroxylation is 2. The summed E-state index contributed by atoms with van der Waals surface area (Å²) in [5, 5.41) is 28.5. The van der Waals surface area contributed by atoms with Gasteiger partial charge in [0.25, 0.3) is 11.8 Å². The lowest BCUT2D eigenvalue weighted by atomic mass is 9.98. The molecule has 45 heavy (non-hydrogen) atoms. The number of aliphatic hydroxyl groups excluding tert-OH is 1. The number of hydrogen-bond acceptors (Lipinski definition) is 7. The van der Waals surface area contributed by atoms with Crippen LogP contribution >= 0.6 is 12.4 Å². The SMILES string of the molecule is C.Cc1cc(C(=O)NCC(=O)CO)ccc1-c1ccccc1.Cc1cc(C(=O)NCC(=O)O)ccc1-c1ccccc1.Cl.NO. The number of hydrogen-bond donors (Lipinski definition) is 6. The number of amides is 2. The van der Waals surface area contributed by atoms with Crippen molar-refractivity contribution in [3.63, 3.8) is 0 Å². The van der Waals surface area contributed by atoms with Crippen molar-refractivity contribution in [3.8, 4) is 22.3 Å². The number of carboxylic acids is 1. The third-order valence-electron chi connectivity index (χ3n) is 6.17. The number of nitrogens with one attached hydrogen (secondary N) is 2. The molecule has 4 aromatic carbocycles. The molecule has 0 atom stereocenters. The number of rotatable bonds is 9. The van der Waals surface area contributed by atoms with Gasteiger partial charge in [0.1, 0.15) is 13.2 Å². The molecule has 0 unspecified atom stereocenters. The Balaban J connectivity index is 0.000000783. The van der Waals surface area contributed by atoms with E-state index in [1.54, 1.807) is 24.3 Å². The summed E-state index contributed by atoms with van der Waals surface area (Å²) in [5.41, 5.74) is 7.22. The summed E-state index contributed by atoms with van der Waals surface area (Å²) < 4.78 is 0. The van der Waals surface area contributed by atoms with Crippen LogP contribution in [0.15, 0.2) is 97.1 Å². The Morgan fingerprint density at radius 2 is 1.02 bits per heavy atom. The summed E-state index contributed by atoms with van der Waals surface area (Å²) in [4.78, 5) is 45.1. The smallest absolute Gasteiger partial charge is 0.322 e. The molecule has 2 amide bonds. The number of carbonyl (C=O) groups is 4. The Labute approximate surface area is 269 Å². The topological polar surface area (TPSA) is 179 Å². The largest absolute Gasteiger partial charge is 0.480 e. The highest BCUT2D eigenvalue weighted by molar-refractivity contribution is 5.98. The molecule has 0 aliphatic rings. The van der Waals surface area contributed by atoms with Crippen LogP contribution in [0.2, 0.25) is 0 Å². The second-order valence-corrected chi connectivity index (χ2v) is 9.25. The Bertz CT molecular complexity index is 1530. The van der Waals surface area contributed by atoms with Gasteiger partial charge in [-0.1, -0.05) is 80.2 Å². The van der Waals surface area contributed by atoms with Gasteiger partial charge in [-0.3, -0.25) is 19.2 Å². The Kier molecular flexibility index (Phi) is 18.7. The average molecular weight is 638 g/mol. The van der Waals surface area contributed by atoms with Crippen molar-refractivity contribution in [3.05, 3.63) is 119 Å². The van der Waals surface area contributed by atoms with Gasteiger partial charge >= 0.3 is 5.97 Å². The maximum Gasteiger partial charge on any atom is 0.322 e. The van der Waals surface area contributed by atoms with Gasteiger partial charge in [-0.15, -0.1) is 12.4 Å². The fourth-order valence-electron chi connectivity index (χ4n) is 4.09. The molecule has 0 aliphatic heterocycles. The molecule has 4 rings (SSSR count). The van der Waals surface area contributed by atoms with Crippen LogP contribution in [-0.4, -0.2) is 58.7 Å². The molecule has 0 bridgehead atoms. The summed E-state index contributed by atoms with van der Waals surface area (Å²) in [5.74, 6) is 1.33. The number of ketones is 1. The number of benzene rings is 4. The number of Topliss-reactive ketones (excluding diaryl/α,β-unsaturated/α-hetero) is 1. The van der Waals surface area contributed by atoms with Crippen LogP contribution in [0, 0.1) is 13.8 Å². The normalized spacial score (nSPS) is 9.36. The molecule has 240 valence electrons. The van der Waals surface area contributed by atoms with Crippen molar-refractivity contribution >= 4 is 36.0 Å². The van der Waals surface area contributed by atoms with Crippen molar-refractivity contribution in [1.82, 2.24) is 10.6 Å².